The molecule has 0 bridgehead atoms. The molecule has 1 fully saturated rings. The number of carbonyl (C=O) groups is 1. The van der Waals surface area contributed by atoms with Gasteiger partial charge < -0.3 is 10.1 Å². The van der Waals surface area contributed by atoms with Crippen LogP contribution in [0.4, 0.5) is 0 Å². The van der Waals surface area contributed by atoms with Crippen LogP contribution in [0.25, 0.3) is 5.69 Å². The zero-order valence-electron chi connectivity index (χ0n) is 15.1. The highest BCUT2D eigenvalue weighted by Gasteiger charge is 2.29. The Morgan fingerprint density at radius 3 is 2.81 bits per heavy atom. The molecule has 1 saturated carbocycles. The third-order valence-corrected chi connectivity index (χ3v) is 4.95. The van der Waals surface area contributed by atoms with Gasteiger partial charge in [0.2, 0.25) is 0 Å². The monoisotopic (exact) mass is 361 g/mol. The number of rotatable bonds is 6. The number of nitrogens with zero attached hydrogens (tertiary/aromatic N) is 2. The Morgan fingerprint density at radius 1 is 1.11 bits per heavy atom. The largest absolute Gasteiger partial charge is 0.371 e. The van der Waals surface area contributed by atoms with E-state index in [4.69, 9.17) is 4.74 Å². The molecule has 0 aliphatic heterocycles. The number of hydrogen-bond donors (Lipinski definition) is 1. The molecular formula is C22H23N3O2. The Labute approximate surface area is 159 Å². The molecule has 27 heavy (non-hydrogen) atoms. The van der Waals surface area contributed by atoms with E-state index < -0.39 is 0 Å². The maximum Gasteiger partial charge on any atom is 0.251 e. The van der Waals surface area contributed by atoms with Crippen molar-refractivity contribution in [3.63, 3.8) is 0 Å². The number of carbonyl (C=O) groups excluding carboxylic acids is 1. The van der Waals surface area contributed by atoms with E-state index in [9.17, 15) is 4.79 Å². The van der Waals surface area contributed by atoms with E-state index in [-0.39, 0.29) is 18.1 Å². The van der Waals surface area contributed by atoms with Crippen LogP contribution in [-0.4, -0.2) is 27.8 Å². The molecule has 3 aromatic rings. The molecule has 5 nitrogen and oxygen atoms in total. The highest BCUT2D eigenvalue weighted by Crippen LogP contribution is 2.24. The summed E-state index contributed by atoms with van der Waals surface area (Å²) in [4.78, 5) is 12.7. The summed E-state index contributed by atoms with van der Waals surface area (Å²) < 4.78 is 7.84. The van der Waals surface area contributed by atoms with Crippen molar-refractivity contribution in [3.8, 4) is 5.69 Å². The van der Waals surface area contributed by atoms with Crippen molar-refractivity contribution in [2.75, 3.05) is 0 Å². The number of aromatic nitrogens is 2. The maximum absolute atomic E-state index is 12.7. The van der Waals surface area contributed by atoms with Crippen LogP contribution in [0, 0.1) is 0 Å². The summed E-state index contributed by atoms with van der Waals surface area (Å²) >= 11 is 0. The third kappa shape index (κ3) is 4.26. The lowest BCUT2D eigenvalue weighted by molar-refractivity contribution is 0.0272. The smallest absolute Gasteiger partial charge is 0.251 e. The van der Waals surface area contributed by atoms with Crippen LogP contribution in [0.3, 0.4) is 0 Å². The van der Waals surface area contributed by atoms with Gasteiger partial charge in [0.15, 0.2) is 0 Å². The number of amides is 1. The number of benzene rings is 2. The molecule has 2 atom stereocenters. The Hall–Kier alpha value is -2.92. The number of nitrogens with one attached hydrogen (secondary N) is 1. The summed E-state index contributed by atoms with van der Waals surface area (Å²) in [5.41, 5.74) is 2.66. The minimum Gasteiger partial charge on any atom is -0.371 e. The first-order chi connectivity index (χ1) is 13.3. The summed E-state index contributed by atoms with van der Waals surface area (Å²) in [5.74, 6) is -0.0655. The topological polar surface area (TPSA) is 56.1 Å². The standard InChI is InChI=1S/C22H23N3O2/c26-22(18-9-4-10-19(15-18)25-14-6-13-23-25)24-20-11-5-12-21(20)27-16-17-7-2-1-3-8-17/h1-4,6-10,13-15,20-21H,5,11-12,16H2,(H,24,26)/t20-,21-/m1/s1. The molecule has 1 N–H and O–H groups in total. The molecule has 1 heterocycles. The average Bonchev–Trinajstić information content (AvgIpc) is 3.39. The first-order valence-electron chi connectivity index (χ1n) is 9.36. The van der Waals surface area contributed by atoms with Crippen molar-refractivity contribution < 1.29 is 9.53 Å². The van der Waals surface area contributed by atoms with Crippen LogP contribution in [0.5, 0.6) is 0 Å². The van der Waals surface area contributed by atoms with Crippen molar-refractivity contribution in [2.24, 2.45) is 0 Å². The first-order valence-corrected chi connectivity index (χ1v) is 9.36. The van der Waals surface area contributed by atoms with Gasteiger partial charge in [0.25, 0.3) is 5.91 Å². The Morgan fingerprint density at radius 2 is 2.00 bits per heavy atom. The normalized spacial score (nSPS) is 19.1. The lowest BCUT2D eigenvalue weighted by Gasteiger charge is -2.22. The van der Waals surface area contributed by atoms with Gasteiger partial charge in [-0.15, -0.1) is 0 Å². The van der Waals surface area contributed by atoms with E-state index in [1.807, 2.05) is 54.7 Å². The average molecular weight is 361 g/mol. The summed E-state index contributed by atoms with van der Waals surface area (Å²) in [6.45, 7) is 0.576. The van der Waals surface area contributed by atoms with Crippen LogP contribution in [0.2, 0.25) is 0 Å². The van der Waals surface area contributed by atoms with E-state index in [0.717, 1.165) is 30.5 Å². The molecular weight excluding hydrogens is 338 g/mol. The van der Waals surface area contributed by atoms with E-state index in [1.54, 1.807) is 10.9 Å². The lowest BCUT2D eigenvalue weighted by atomic mass is 10.1. The number of hydrogen-bond acceptors (Lipinski definition) is 3. The molecule has 0 unspecified atom stereocenters. The highest BCUT2D eigenvalue weighted by atomic mass is 16.5. The van der Waals surface area contributed by atoms with Crippen LogP contribution >= 0.6 is 0 Å². The zero-order chi connectivity index (χ0) is 18.5. The molecule has 5 heteroatoms. The quantitative estimate of drug-likeness (QED) is 0.728. The highest BCUT2D eigenvalue weighted by molar-refractivity contribution is 5.95. The maximum atomic E-state index is 12.7. The Bertz CT molecular complexity index is 878. The summed E-state index contributed by atoms with van der Waals surface area (Å²) in [6.07, 6.45) is 6.64. The minimum absolute atomic E-state index is 0.0505. The predicted molar refractivity (Wildman–Crippen MR) is 104 cm³/mol. The van der Waals surface area contributed by atoms with E-state index >= 15 is 0 Å². The molecule has 1 aromatic heterocycles. The van der Waals surface area contributed by atoms with Crippen molar-refractivity contribution >= 4 is 5.91 Å². The molecule has 2 aromatic carbocycles. The van der Waals surface area contributed by atoms with Crippen LogP contribution < -0.4 is 5.32 Å². The second-order valence-corrected chi connectivity index (χ2v) is 6.85. The predicted octanol–water partition coefficient (Wildman–Crippen LogP) is 3.74. The van der Waals surface area contributed by atoms with Gasteiger partial charge in [-0.25, -0.2) is 4.68 Å². The van der Waals surface area contributed by atoms with Crippen LogP contribution in [0.15, 0.2) is 73.1 Å². The summed E-state index contributed by atoms with van der Waals surface area (Å²) in [7, 11) is 0. The van der Waals surface area contributed by atoms with Gasteiger partial charge in [0.05, 0.1) is 24.4 Å². The molecule has 0 saturated heterocycles. The van der Waals surface area contributed by atoms with E-state index in [0.29, 0.717) is 12.2 Å². The summed E-state index contributed by atoms with van der Waals surface area (Å²) in [5, 5.41) is 7.38. The number of ether oxygens (including phenoxy) is 1. The molecule has 138 valence electrons. The van der Waals surface area contributed by atoms with E-state index in [2.05, 4.69) is 22.5 Å². The second kappa shape index (κ2) is 8.18. The Kier molecular flexibility index (Phi) is 5.30. The van der Waals surface area contributed by atoms with Gasteiger partial charge in [0.1, 0.15) is 0 Å². The Balaban J connectivity index is 1.39. The molecule has 0 spiro atoms. The van der Waals surface area contributed by atoms with Gasteiger partial charge in [0, 0.05) is 18.0 Å². The molecule has 0 radical (unpaired) electrons. The van der Waals surface area contributed by atoms with Crippen molar-refractivity contribution in [1.82, 2.24) is 15.1 Å². The lowest BCUT2D eigenvalue weighted by Crippen LogP contribution is -2.41. The van der Waals surface area contributed by atoms with Crippen LogP contribution in [-0.2, 0) is 11.3 Å². The second-order valence-electron chi connectivity index (χ2n) is 6.85. The van der Waals surface area contributed by atoms with Gasteiger partial charge in [-0.05, 0) is 49.1 Å². The fourth-order valence-electron chi connectivity index (χ4n) is 3.53. The van der Waals surface area contributed by atoms with Gasteiger partial charge in [-0.1, -0.05) is 36.4 Å². The van der Waals surface area contributed by atoms with Crippen molar-refractivity contribution in [2.45, 2.75) is 38.0 Å². The third-order valence-electron chi connectivity index (χ3n) is 4.95. The van der Waals surface area contributed by atoms with Crippen molar-refractivity contribution in [3.05, 3.63) is 84.2 Å². The molecule has 1 aliphatic rings. The molecule has 1 amide bonds. The fourth-order valence-corrected chi connectivity index (χ4v) is 3.53. The fraction of sp³-hybridized carbons (Fsp3) is 0.273. The van der Waals surface area contributed by atoms with Gasteiger partial charge in [-0.3, -0.25) is 4.79 Å². The molecule has 1 aliphatic carbocycles. The molecule has 4 rings (SSSR count). The zero-order valence-corrected chi connectivity index (χ0v) is 15.1. The van der Waals surface area contributed by atoms with Crippen molar-refractivity contribution in [1.29, 1.82) is 0 Å². The van der Waals surface area contributed by atoms with Gasteiger partial charge >= 0.3 is 0 Å². The van der Waals surface area contributed by atoms with E-state index in [1.165, 1.54) is 0 Å². The van der Waals surface area contributed by atoms with Crippen LogP contribution in [0.1, 0.15) is 35.2 Å². The minimum atomic E-state index is -0.0655. The summed E-state index contributed by atoms with van der Waals surface area (Å²) in [6, 6.07) is 19.6. The first kappa shape index (κ1) is 17.5. The van der Waals surface area contributed by atoms with Gasteiger partial charge in [-0.2, -0.15) is 5.10 Å². The SMILES string of the molecule is O=C(N[C@@H]1CCC[C@H]1OCc1ccccc1)c1cccc(-n2cccn2)c1.